The molecule has 0 saturated carbocycles. The van der Waals surface area contributed by atoms with Gasteiger partial charge >= 0.3 is 12.2 Å². The third-order valence-electron chi connectivity index (χ3n) is 9.49. The number of carbonyl (C=O) groups excluding carboxylic acids is 6. The van der Waals surface area contributed by atoms with Gasteiger partial charge in [-0.3, -0.25) is 38.9 Å². The lowest BCUT2D eigenvalue weighted by Gasteiger charge is -2.27. The van der Waals surface area contributed by atoms with Crippen molar-refractivity contribution >= 4 is 41.3 Å². The summed E-state index contributed by atoms with van der Waals surface area (Å²) >= 11 is 0. The largest absolute Gasteiger partial charge is 0.493 e. The number of unbranched alkanes of at least 4 members (excludes halogenated alkanes) is 1. The number of anilines is 1. The number of nitriles is 1. The maximum atomic E-state index is 13.5. The minimum Gasteiger partial charge on any atom is -0.493 e. The summed E-state index contributed by atoms with van der Waals surface area (Å²) in [5, 5.41) is 19.4. The summed E-state index contributed by atoms with van der Waals surface area (Å²) in [4.78, 5) is 79.5. The average molecular weight is 765 g/mol. The van der Waals surface area contributed by atoms with Crippen molar-refractivity contribution in [3.63, 3.8) is 0 Å². The van der Waals surface area contributed by atoms with E-state index in [1.54, 1.807) is 23.0 Å². The van der Waals surface area contributed by atoms with Gasteiger partial charge in [0.15, 0.2) is 0 Å². The second kappa shape index (κ2) is 15.3. The van der Waals surface area contributed by atoms with Crippen LogP contribution in [0.25, 0.3) is 0 Å². The van der Waals surface area contributed by atoms with E-state index in [1.807, 2.05) is 0 Å². The van der Waals surface area contributed by atoms with Gasteiger partial charge < -0.3 is 14.4 Å². The Bertz CT molecular complexity index is 2110. The molecule has 2 saturated heterocycles. The number of hydrogen-bond donors (Lipinski definition) is 1. The van der Waals surface area contributed by atoms with Gasteiger partial charge in [0, 0.05) is 25.9 Å². The lowest BCUT2D eigenvalue weighted by molar-refractivity contribution is -0.138. The molecule has 1 aromatic heterocycles. The van der Waals surface area contributed by atoms with Gasteiger partial charge in [0.25, 0.3) is 17.7 Å². The SMILES string of the molecule is CC1(C)C(=O)N(c2ccc(C#N)c(C(F)(F)F)c2)C(=O)N1CCCCn1cc(COCCCOc2cccc3c2C(=O)N(C2CCC(=O)NC2=O)C3=O)nn1. The Balaban J connectivity index is 0.931. The van der Waals surface area contributed by atoms with Crippen LogP contribution >= 0.6 is 0 Å². The van der Waals surface area contributed by atoms with E-state index in [2.05, 4.69) is 15.6 Å². The van der Waals surface area contributed by atoms with Crippen LogP contribution in [0, 0.1) is 11.3 Å². The van der Waals surface area contributed by atoms with E-state index in [9.17, 15) is 41.9 Å². The molecule has 3 aliphatic rings. The number of urea groups is 1. The van der Waals surface area contributed by atoms with Gasteiger partial charge in [-0.15, -0.1) is 5.10 Å². The van der Waals surface area contributed by atoms with Crippen molar-refractivity contribution in [2.24, 2.45) is 0 Å². The quantitative estimate of drug-likeness (QED) is 0.143. The third-order valence-corrected chi connectivity index (χ3v) is 9.49. The number of hydrogen-bond acceptors (Lipinski definition) is 11. The molecule has 4 heterocycles. The highest BCUT2D eigenvalue weighted by molar-refractivity contribution is 6.25. The fourth-order valence-electron chi connectivity index (χ4n) is 6.62. The number of nitrogens with one attached hydrogen (secondary N) is 1. The van der Waals surface area contributed by atoms with Crippen LogP contribution in [-0.4, -0.2) is 91.7 Å². The number of amides is 7. The molecular weight excluding hydrogens is 729 g/mol. The molecule has 3 aliphatic heterocycles. The first kappa shape index (κ1) is 38.6. The van der Waals surface area contributed by atoms with Gasteiger partial charge in [-0.25, -0.2) is 9.69 Å². The summed E-state index contributed by atoms with van der Waals surface area (Å²) < 4.78 is 53.7. The number of imide groups is 3. The summed E-state index contributed by atoms with van der Waals surface area (Å²) in [6.45, 7) is 4.19. The number of aryl methyl sites for hydroxylation is 1. The average Bonchev–Trinajstić information content (AvgIpc) is 3.74. The standard InChI is InChI=1S/C36H35F3N8O8/c1-35(2)33(52)46(23-10-9-21(18-40)25(17-23)36(37,38)39)34(53)45(35)14-4-3-13-44-19-22(42-43-44)20-54-15-6-16-55-27-8-5-7-24-29(27)32(51)47(31(24)50)26-11-12-28(48)41-30(26)49/h5,7-10,17,19,26H,3-4,6,11-16,20H2,1-2H3,(H,41,48,49). The number of halogens is 3. The van der Waals surface area contributed by atoms with Crippen LogP contribution in [0.2, 0.25) is 0 Å². The van der Waals surface area contributed by atoms with E-state index in [-0.39, 0.29) is 61.8 Å². The number of rotatable bonds is 14. The van der Waals surface area contributed by atoms with E-state index < -0.39 is 64.5 Å². The van der Waals surface area contributed by atoms with Gasteiger partial charge in [0.05, 0.1) is 60.0 Å². The molecule has 0 aliphatic carbocycles. The second-order valence-electron chi connectivity index (χ2n) is 13.5. The fourth-order valence-corrected chi connectivity index (χ4v) is 6.62. The Morgan fingerprint density at radius 1 is 1.00 bits per heavy atom. The molecule has 7 amide bonds. The van der Waals surface area contributed by atoms with E-state index in [0.29, 0.717) is 42.5 Å². The van der Waals surface area contributed by atoms with Crippen LogP contribution in [0.4, 0.5) is 23.7 Å². The van der Waals surface area contributed by atoms with E-state index >= 15 is 0 Å². The molecule has 1 unspecified atom stereocenters. The minimum absolute atomic E-state index is 0.0146. The molecule has 0 radical (unpaired) electrons. The number of ether oxygens (including phenoxy) is 2. The second-order valence-corrected chi connectivity index (χ2v) is 13.5. The van der Waals surface area contributed by atoms with Crippen molar-refractivity contribution in [1.82, 2.24) is 30.1 Å². The molecule has 2 fully saturated rings. The summed E-state index contributed by atoms with van der Waals surface area (Å²) in [6.07, 6.45) is -1.69. The van der Waals surface area contributed by atoms with Gasteiger partial charge in [-0.1, -0.05) is 11.3 Å². The normalized spacial score (nSPS) is 18.3. The van der Waals surface area contributed by atoms with Crippen molar-refractivity contribution in [3.05, 3.63) is 70.5 Å². The Morgan fingerprint density at radius 3 is 2.49 bits per heavy atom. The van der Waals surface area contributed by atoms with E-state index in [1.165, 1.54) is 30.9 Å². The number of carbonyl (C=O) groups is 6. The molecule has 288 valence electrons. The van der Waals surface area contributed by atoms with E-state index in [0.717, 1.165) is 17.0 Å². The summed E-state index contributed by atoms with van der Waals surface area (Å²) in [6, 6.07) is 6.98. The molecule has 16 nitrogen and oxygen atoms in total. The molecule has 1 N–H and O–H groups in total. The highest BCUT2D eigenvalue weighted by atomic mass is 19.4. The monoisotopic (exact) mass is 764 g/mol. The summed E-state index contributed by atoms with van der Waals surface area (Å²) in [7, 11) is 0. The van der Waals surface area contributed by atoms with Crippen LogP contribution in [0.15, 0.2) is 42.6 Å². The molecule has 0 bridgehead atoms. The zero-order valence-electron chi connectivity index (χ0n) is 29.7. The lowest BCUT2D eigenvalue weighted by Crippen LogP contribution is -2.54. The highest BCUT2D eigenvalue weighted by Crippen LogP contribution is 2.38. The van der Waals surface area contributed by atoms with Crippen molar-refractivity contribution in [2.75, 3.05) is 24.7 Å². The van der Waals surface area contributed by atoms with Crippen molar-refractivity contribution in [2.45, 2.75) is 76.9 Å². The van der Waals surface area contributed by atoms with Crippen LogP contribution in [0.1, 0.15) is 83.5 Å². The molecule has 2 aromatic carbocycles. The fraction of sp³-hybridized carbons (Fsp3) is 0.417. The van der Waals surface area contributed by atoms with E-state index in [4.69, 9.17) is 14.7 Å². The first-order valence-electron chi connectivity index (χ1n) is 17.3. The van der Waals surface area contributed by atoms with Gasteiger partial charge in [-0.2, -0.15) is 18.4 Å². The van der Waals surface area contributed by atoms with Gasteiger partial charge in [0.1, 0.15) is 23.0 Å². The van der Waals surface area contributed by atoms with Gasteiger partial charge in [0.2, 0.25) is 11.8 Å². The molecule has 3 aromatic rings. The first-order valence-corrected chi connectivity index (χ1v) is 17.3. The van der Waals surface area contributed by atoms with Crippen molar-refractivity contribution in [3.8, 4) is 11.8 Å². The predicted octanol–water partition coefficient (Wildman–Crippen LogP) is 3.58. The van der Waals surface area contributed by atoms with Gasteiger partial charge in [-0.05, 0) is 63.4 Å². The van der Waals surface area contributed by atoms with Crippen molar-refractivity contribution < 1.29 is 51.4 Å². The van der Waals surface area contributed by atoms with Crippen LogP contribution in [0.3, 0.4) is 0 Å². The lowest BCUT2D eigenvalue weighted by atomic mass is 10.0. The first-order chi connectivity index (χ1) is 26.1. The Hall–Kier alpha value is -6.16. The Morgan fingerprint density at radius 2 is 1.76 bits per heavy atom. The summed E-state index contributed by atoms with van der Waals surface area (Å²) in [5.74, 6) is -2.93. The number of piperidine rings is 1. The number of fused-ring (bicyclic) bond motifs is 1. The molecule has 6 rings (SSSR count). The number of aromatic nitrogens is 3. The molecule has 0 spiro atoms. The summed E-state index contributed by atoms with van der Waals surface area (Å²) in [5.41, 5.74) is -2.70. The predicted molar refractivity (Wildman–Crippen MR) is 182 cm³/mol. The minimum atomic E-state index is -4.85. The number of alkyl halides is 3. The Kier molecular flexibility index (Phi) is 10.7. The molecule has 19 heteroatoms. The van der Waals surface area contributed by atoms with Crippen LogP contribution in [-0.2, 0) is 38.4 Å². The maximum absolute atomic E-state index is 13.5. The molecule has 1 atom stereocenters. The molecule has 55 heavy (non-hydrogen) atoms. The van der Waals surface area contributed by atoms with Crippen LogP contribution < -0.4 is 15.0 Å². The zero-order valence-corrected chi connectivity index (χ0v) is 29.7. The highest BCUT2D eigenvalue weighted by Gasteiger charge is 2.52. The molecular formula is C36H35F3N8O8. The van der Waals surface area contributed by atoms with Crippen LogP contribution in [0.5, 0.6) is 5.75 Å². The number of nitrogens with zero attached hydrogens (tertiary/aromatic N) is 7. The maximum Gasteiger partial charge on any atom is 0.417 e. The zero-order chi connectivity index (χ0) is 39.7. The third kappa shape index (κ3) is 7.62. The number of benzene rings is 2. The topological polar surface area (TPSA) is 197 Å². The van der Waals surface area contributed by atoms with Crippen molar-refractivity contribution in [1.29, 1.82) is 5.26 Å². The smallest absolute Gasteiger partial charge is 0.417 e. The Labute approximate surface area is 311 Å².